The van der Waals surface area contributed by atoms with E-state index in [0.717, 1.165) is 15.8 Å². The van der Waals surface area contributed by atoms with Crippen LogP contribution in [0.25, 0.3) is 31.8 Å². The smallest absolute Gasteiger partial charge is 0.412 e. The van der Waals surface area contributed by atoms with Gasteiger partial charge in [-0.25, -0.2) is 34.1 Å². The van der Waals surface area contributed by atoms with Gasteiger partial charge >= 0.3 is 6.09 Å². The molecular weight excluding hydrogens is 563 g/mol. The number of nitrogens with zero attached hydrogens (tertiary/aromatic N) is 5. The molecule has 0 saturated carbocycles. The van der Waals surface area contributed by atoms with Crippen molar-refractivity contribution in [3.8, 4) is 22.2 Å². The fourth-order valence-electron chi connectivity index (χ4n) is 4.12. The summed E-state index contributed by atoms with van der Waals surface area (Å²) in [6, 6.07) is 6.83. The van der Waals surface area contributed by atoms with Crippen molar-refractivity contribution in [2.75, 3.05) is 18.5 Å². The van der Waals surface area contributed by atoms with Gasteiger partial charge < -0.3 is 19.3 Å². The van der Waals surface area contributed by atoms with E-state index < -0.39 is 24.1 Å². The molecule has 0 spiro atoms. The molecule has 0 radical (unpaired) electrons. The second-order valence-corrected chi connectivity index (χ2v) is 10.5. The minimum atomic E-state index is -0.735. The van der Waals surface area contributed by atoms with Crippen molar-refractivity contribution in [3.63, 3.8) is 0 Å². The quantitative estimate of drug-likeness (QED) is 0.214. The second-order valence-electron chi connectivity index (χ2n) is 9.51. The van der Waals surface area contributed by atoms with Crippen molar-refractivity contribution in [1.29, 1.82) is 0 Å². The first-order chi connectivity index (χ1) is 20.2. The molecule has 2 atom stereocenters. The Balaban J connectivity index is 1.30. The minimum absolute atomic E-state index is 0.0178. The Morgan fingerprint density at radius 1 is 1.05 bits per heavy atom. The summed E-state index contributed by atoms with van der Waals surface area (Å²) in [5.74, 6) is 0.333. The van der Waals surface area contributed by atoms with Gasteiger partial charge in [-0.2, -0.15) is 0 Å². The highest BCUT2D eigenvalue weighted by Crippen LogP contribution is 2.37. The van der Waals surface area contributed by atoms with Crippen LogP contribution in [-0.2, 0) is 11.2 Å². The number of amides is 1. The van der Waals surface area contributed by atoms with E-state index in [0.29, 0.717) is 52.0 Å². The lowest BCUT2D eigenvalue weighted by atomic mass is 10.1. The summed E-state index contributed by atoms with van der Waals surface area (Å²) in [5.41, 5.74) is 3.94. The van der Waals surface area contributed by atoms with Crippen molar-refractivity contribution in [2.45, 2.75) is 46.3 Å². The summed E-state index contributed by atoms with van der Waals surface area (Å²) >= 11 is 1.38. The molecule has 3 aromatic heterocycles. The number of hydrogen-bond donors (Lipinski definition) is 2. The Bertz CT molecular complexity index is 1730. The molecule has 1 amide bonds. The van der Waals surface area contributed by atoms with Gasteiger partial charge in [0.1, 0.15) is 23.0 Å². The monoisotopic (exact) mass is 592 g/mol. The molecule has 218 valence electrons. The maximum absolute atomic E-state index is 15.1. The van der Waals surface area contributed by atoms with E-state index in [4.69, 9.17) is 19.3 Å². The standard InChI is InChI=1S/C29H29FN6O5S/c1-5-39-26-14-33-27-19(8-15(2)9-22(27)35-26)28-36-21-10-20(30)23(11-24(21)42-28)40-16(3)17(4)41-29(38)34-18-12-31-25(6-7-37)32-13-18/h8-14,16-17,37H,5-7H2,1-4H3,(H,34,38)/t16-,17+/m0/s1. The first-order valence-electron chi connectivity index (χ1n) is 13.3. The van der Waals surface area contributed by atoms with E-state index in [1.807, 2.05) is 26.0 Å². The topological polar surface area (TPSA) is 141 Å². The van der Waals surface area contributed by atoms with Crippen molar-refractivity contribution in [3.05, 3.63) is 60.1 Å². The largest absolute Gasteiger partial charge is 0.484 e. The zero-order valence-electron chi connectivity index (χ0n) is 23.4. The van der Waals surface area contributed by atoms with Gasteiger partial charge in [-0.3, -0.25) is 5.32 Å². The number of thiazole rings is 1. The molecule has 5 rings (SSSR count). The molecule has 3 heterocycles. The normalized spacial score (nSPS) is 12.7. The first-order valence-corrected chi connectivity index (χ1v) is 14.1. The first kappa shape index (κ1) is 29.0. The van der Waals surface area contributed by atoms with Crippen LogP contribution in [0.2, 0.25) is 0 Å². The summed E-state index contributed by atoms with van der Waals surface area (Å²) in [4.78, 5) is 34.2. The number of aliphatic hydroxyl groups excluding tert-OH is 1. The molecule has 0 aliphatic rings. The highest BCUT2D eigenvalue weighted by molar-refractivity contribution is 7.21. The number of ether oxygens (including phenoxy) is 3. The molecule has 11 nitrogen and oxygen atoms in total. The number of fused-ring (bicyclic) bond motifs is 2. The summed E-state index contributed by atoms with van der Waals surface area (Å²) in [6.07, 6.45) is 2.61. The summed E-state index contributed by atoms with van der Waals surface area (Å²) < 4.78 is 32.6. The van der Waals surface area contributed by atoms with Gasteiger partial charge in [-0.15, -0.1) is 11.3 Å². The van der Waals surface area contributed by atoms with Crippen molar-refractivity contribution >= 4 is 44.4 Å². The highest BCUT2D eigenvalue weighted by atomic mass is 32.1. The van der Waals surface area contributed by atoms with E-state index in [1.54, 1.807) is 26.1 Å². The molecule has 0 aliphatic heterocycles. The number of anilines is 1. The van der Waals surface area contributed by atoms with E-state index in [-0.39, 0.29) is 12.4 Å². The molecular formula is C29H29FN6O5S. The van der Waals surface area contributed by atoms with E-state index >= 15 is 4.39 Å². The summed E-state index contributed by atoms with van der Waals surface area (Å²) in [6.45, 7) is 7.59. The second kappa shape index (κ2) is 12.6. The number of aromatic nitrogens is 5. The van der Waals surface area contributed by atoms with Crippen LogP contribution in [0.4, 0.5) is 14.9 Å². The molecule has 42 heavy (non-hydrogen) atoms. The molecule has 2 aromatic carbocycles. The van der Waals surface area contributed by atoms with Gasteiger partial charge in [-0.1, -0.05) is 0 Å². The maximum atomic E-state index is 15.1. The Morgan fingerprint density at radius 3 is 2.57 bits per heavy atom. The molecule has 2 N–H and O–H groups in total. The van der Waals surface area contributed by atoms with Gasteiger partial charge in [0.05, 0.1) is 58.7 Å². The number of halogens is 1. The van der Waals surface area contributed by atoms with Crippen LogP contribution in [0.3, 0.4) is 0 Å². The molecule has 0 unspecified atom stereocenters. The highest BCUT2D eigenvalue weighted by Gasteiger charge is 2.22. The van der Waals surface area contributed by atoms with Gasteiger partial charge in [0.25, 0.3) is 0 Å². The number of carbonyl (C=O) groups is 1. The Hall–Kier alpha value is -4.49. The molecule has 13 heteroatoms. The van der Waals surface area contributed by atoms with Crippen molar-refractivity contribution in [1.82, 2.24) is 24.9 Å². The third-order valence-electron chi connectivity index (χ3n) is 6.29. The fourth-order valence-corrected chi connectivity index (χ4v) is 5.11. The minimum Gasteiger partial charge on any atom is -0.484 e. The van der Waals surface area contributed by atoms with Crippen LogP contribution in [-0.4, -0.2) is 61.5 Å². The molecule has 5 aromatic rings. The van der Waals surface area contributed by atoms with Crippen LogP contribution in [0, 0.1) is 12.7 Å². The average molecular weight is 593 g/mol. The third-order valence-corrected chi connectivity index (χ3v) is 7.34. The number of nitrogens with one attached hydrogen (secondary N) is 1. The third kappa shape index (κ3) is 6.52. The Labute approximate surface area is 244 Å². The number of hydrogen-bond acceptors (Lipinski definition) is 11. The number of rotatable bonds is 10. The van der Waals surface area contributed by atoms with E-state index in [9.17, 15) is 4.79 Å². The summed E-state index contributed by atoms with van der Waals surface area (Å²) in [7, 11) is 0. The van der Waals surface area contributed by atoms with Crippen LogP contribution >= 0.6 is 11.3 Å². The van der Waals surface area contributed by atoms with Crippen LogP contribution < -0.4 is 14.8 Å². The van der Waals surface area contributed by atoms with Gasteiger partial charge in [0.15, 0.2) is 11.6 Å². The average Bonchev–Trinajstić information content (AvgIpc) is 3.36. The van der Waals surface area contributed by atoms with Crippen molar-refractivity contribution in [2.24, 2.45) is 0 Å². The van der Waals surface area contributed by atoms with Gasteiger partial charge in [0.2, 0.25) is 5.88 Å². The van der Waals surface area contributed by atoms with Crippen LogP contribution in [0.5, 0.6) is 11.6 Å². The predicted molar refractivity (Wildman–Crippen MR) is 156 cm³/mol. The van der Waals surface area contributed by atoms with Crippen LogP contribution in [0.15, 0.2) is 42.9 Å². The predicted octanol–water partition coefficient (Wildman–Crippen LogP) is 5.48. The van der Waals surface area contributed by atoms with E-state index in [2.05, 4.69) is 30.2 Å². The number of aliphatic hydroxyl groups is 1. The summed E-state index contributed by atoms with van der Waals surface area (Å²) in [5, 5.41) is 12.2. The molecule has 0 aliphatic carbocycles. The van der Waals surface area contributed by atoms with E-state index in [1.165, 1.54) is 29.8 Å². The number of aryl methyl sites for hydroxylation is 1. The molecule has 0 bridgehead atoms. The molecule has 0 fully saturated rings. The number of carbonyl (C=O) groups excluding carboxylic acids is 1. The lowest BCUT2D eigenvalue weighted by molar-refractivity contribution is 0.0402. The Kier molecular flexibility index (Phi) is 8.69. The Morgan fingerprint density at radius 2 is 1.83 bits per heavy atom. The zero-order valence-corrected chi connectivity index (χ0v) is 24.2. The van der Waals surface area contributed by atoms with Crippen molar-refractivity contribution < 1.29 is 28.5 Å². The van der Waals surface area contributed by atoms with Gasteiger partial charge in [-0.05, 0) is 45.4 Å². The lowest BCUT2D eigenvalue weighted by Crippen LogP contribution is -2.32. The molecule has 0 saturated heterocycles. The van der Waals surface area contributed by atoms with Gasteiger partial charge in [0, 0.05) is 24.1 Å². The SMILES string of the molecule is CCOc1cnc2c(-c3nc4cc(F)c(O[C@@H](C)[C@@H](C)OC(=O)Nc5cnc(CCO)nc5)cc4s3)cc(C)cc2n1. The van der Waals surface area contributed by atoms with Crippen LogP contribution in [0.1, 0.15) is 32.2 Å². The number of benzene rings is 2. The lowest BCUT2D eigenvalue weighted by Gasteiger charge is -2.22. The maximum Gasteiger partial charge on any atom is 0.412 e. The fraction of sp³-hybridized carbons (Fsp3) is 0.310. The zero-order chi connectivity index (χ0) is 29.8.